The molecule has 0 aliphatic carbocycles. The van der Waals surface area contributed by atoms with Gasteiger partial charge >= 0.3 is 0 Å². The van der Waals surface area contributed by atoms with E-state index in [1.165, 1.54) is 4.88 Å². The summed E-state index contributed by atoms with van der Waals surface area (Å²) in [5, 5.41) is 11.1. The van der Waals surface area contributed by atoms with Crippen LogP contribution in [0.2, 0.25) is 0 Å². The molecular weight excluding hydrogens is 358 g/mol. The lowest BCUT2D eigenvalue weighted by atomic mass is 10.2. The average molecular weight is 367 g/mol. The first-order valence-corrected chi connectivity index (χ1v) is 8.10. The predicted molar refractivity (Wildman–Crippen MR) is 85.1 cm³/mol. The Morgan fingerprint density at radius 1 is 1.40 bits per heavy atom. The summed E-state index contributed by atoms with van der Waals surface area (Å²) in [7, 11) is 0. The number of nitriles is 1. The van der Waals surface area contributed by atoms with Gasteiger partial charge in [-0.3, -0.25) is 0 Å². The van der Waals surface area contributed by atoms with Crippen LogP contribution in [0.1, 0.15) is 16.3 Å². The Morgan fingerprint density at radius 2 is 2.25 bits per heavy atom. The Balaban J connectivity index is 2.16. The van der Waals surface area contributed by atoms with E-state index in [4.69, 9.17) is 16.9 Å². The topological polar surface area (TPSA) is 41.6 Å². The molecule has 100 valence electrons. The number of halogens is 2. The molecule has 0 fully saturated rings. The molecule has 0 aliphatic rings. The van der Waals surface area contributed by atoms with Crippen LogP contribution in [0, 0.1) is 11.3 Å². The van der Waals surface area contributed by atoms with Crippen LogP contribution in [0.25, 0.3) is 11.0 Å². The highest BCUT2D eigenvalue weighted by molar-refractivity contribution is 9.10. The number of fused-ring (bicyclic) bond motifs is 1. The molecule has 0 saturated carbocycles. The highest BCUT2D eigenvalue weighted by atomic mass is 79.9. The number of alkyl halides is 1. The molecule has 0 N–H and O–H groups in total. The molecular formula is C14H9BrClN3S. The van der Waals surface area contributed by atoms with Crippen molar-refractivity contribution in [3.8, 4) is 6.07 Å². The largest absolute Gasteiger partial charge is 0.322 e. The van der Waals surface area contributed by atoms with Crippen molar-refractivity contribution in [3.05, 3.63) is 50.4 Å². The molecule has 0 aliphatic heterocycles. The molecule has 3 rings (SSSR count). The second-order valence-electron chi connectivity index (χ2n) is 4.25. The molecule has 0 spiro atoms. The van der Waals surface area contributed by atoms with Crippen molar-refractivity contribution in [2.75, 3.05) is 0 Å². The summed E-state index contributed by atoms with van der Waals surface area (Å²) in [6.45, 7) is 0.700. The van der Waals surface area contributed by atoms with Crippen molar-refractivity contribution in [1.82, 2.24) is 9.55 Å². The zero-order valence-corrected chi connectivity index (χ0v) is 13.5. The highest BCUT2D eigenvalue weighted by Crippen LogP contribution is 2.27. The third kappa shape index (κ3) is 2.35. The van der Waals surface area contributed by atoms with E-state index in [1.54, 1.807) is 17.4 Å². The van der Waals surface area contributed by atoms with Crippen molar-refractivity contribution < 1.29 is 0 Å². The summed E-state index contributed by atoms with van der Waals surface area (Å²) in [6.07, 6.45) is 0. The number of rotatable bonds is 3. The maximum atomic E-state index is 9.04. The first kappa shape index (κ1) is 13.6. The zero-order chi connectivity index (χ0) is 14.1. The third-order valence-corrected chi connectivity index (χ3v) is 5.22. The van der Waals surface area contributed by atoms with E-state index in [2.05, 4.69) is 31.6 Å². The minimum atomic E-state index is 0.347. The summed E-state index contributed by atoms with van der Waals surface area (Å²) >= 11 is 11.2. The molecule has 3 aromatic rings. The van der Waals surface area contributed by atoms with Gasteiger partial charge in [0, 0.05) is 9.35 Å². The summed E-state index contributed by atoms with van der Waals surface area (Å²) in [6, 6.07) is 9.69. The molecule has 1 aromatic carbocycles. The molecule has 0 atom stereocenters. The fourth-order valence-electron chi connectivity index (χ4n) is 2.10. The van der Waals surface area contributed by atoms with Crippen molar-refractivity contribution in [1.29, 1.82) is 5.26 Å². The number of nitrogens with zero attached hydrogens (tertiary/aromatic N) is 3. The van der Waals surface area contributed by atoms with Gasteiger partial charge in [-0.1, -0.05) is 0 Å². The first-order valence-electron chi connectivity index (χ1n) is 5.90. The normalized spacial score (nSPS) is 10.8. The van der Waals surface area contributed by atoms with E-state index in [0.717, 1.165) is 21.3 Å². The lowest BCUT2D eigenvalue weighted by Gasteiger charge is -2.07. The number of benzene rings is 1. The van der Waals surface area contributed by atoms with E-state index in [9.17, 15) is 0 Å². The van der Waals surface area contributed by atoms with E-state index < -0.39 is 0 Å². The summed E-state index contributed by atoms with van der Waals surface area (Å²) < 4.78 is 3.15. The Hall–Kier alpha value is -1.35. The van der Waals surface area contributed by atoms with Crippen molar-refractivity contribution >= 4 is 49.9 Å². The molecule has 2 heterocycles. The lowest BCUT2D eigenvalue weighted by molar-refractivity contribution is 0.787. The van der Waals surface area contributed by atoms with Gasteiger partial charge in [-0.05, 0) is 45.6 Å². The quantitative estimate of drug-likeness (QED) is 0.640. The van der Waals surface area contributed by atoms with Gasteiger partial charge in [0.15, 0.2) is 0 Å². The van der Waals surface area contributed by atoms with Crippen LogP contribution in [0.15, 0.2) is 34.1 Å². The second-order valence-corrected chi connectivity index (χ2v) is 6.38. The molecule has 2 aromatic heterocycles. The average Bonchev–Trinajstić information content (AvgIpc) is 3.03. The number of hydrogen-bond donors (Lipinski definition) is 0. The molecule has 6 heteroatoms. The van der Waals surface area contributed by atoms with Crippen LogP contribution in [0.3, 0.4) is 0 Å². The third-order valence-electron chi connectivity index (χ3n) is 3.07. The number of thiophene rings is 1. The van der Waals surface area contributed by atoms with Gasteiger partial charge in [-0.15, -0.1) is 22.9 Å². The molecule has 0 saturated heterocycles. The molecule has 3 nitrogen and oxygen atoms in total. The second kappa shape index (κ2) is 5.57. The predicted octanol–water partition coefficient (Wildman–Crippen LogP) is 4.52. The van der Waals surface area contributed by atoms with Gasteiger partial charge in [0.2, 0.25) is 0 Å². The van der Waals surface area contributed by atoms with Crippen molar-refractivity contribution in [2.24, 2.45) is 0 Å². The van der Waals surface area contributed by atoms with Crippen LogP contribution in [0.4, 0.5) is 0 Å². The van der Waals surface area contributed by atoms with Crippen molar-refractivity contribution in [2.45, 2.75) is 12.4 Å². The van der Waals surface area contributed by atoms with Crippen LogP contribution >= 0.6 is 38.9 Å². The minimum Gasteiger partial charge on any atom is -0.322 e. The fraction of sp³-hybridized carbons (Fsp3) is 0.143. The van der Waals surface area contributed by atoms with Gasteiger partial charge < -0.3 is 4.57 Å². The monoisotopic (exact) mass is 365 g/mol. The van der Waals surface area contributed by atoms with E-state index in [1.807, 2.05) is 23.6 Å². The van der Waals surface area contributed by atoms with Gasteiger partial charge in [-0.2, -0.15) is 5.26 Å². The maximum absolute atomic E-state index is 9.04. The first-order chi connectivity index (χ1) is 9.72. The number of imidazole rings is 1. The zero-order valence-electron chi connectivity index (χ0n) is 10.3. The Morgan fingerprint density at radius 3 is 2.90 bits per heavy atom. The van der Waals surface area contributed by atoms with Gasteiger partial charge in [0.25, 0.3) is 0 Å². The van der Waals surface area contributed by atoms with Crippen LogP contribution in [-0.2, 0) is 12.4 Å². The molecule has 0 unspecified atom stereocenters. The van der Waals surface area contributed by atoms with Crippen molar-refractivity contribution in [3.63, 3.8) is 0 Å². The van der Waals surface area contributed by atoms with Gasteiger partial charge in [-0.25, -0.2) is 4.98 Å². The molecule has 0 radical (unpaired) electrons. The van der Waals surface area contributed by atoms with Crippen LogP contribution in [-0.4, -0.2) is 9.55 Å². The Bertz CT molecular complexity index is 816. The SMILES string of the molecule is N#Cc1ccc2nc(CCl)n(Cc3sccc3Br)c2c1. The molecule has 20 heavy (non-hydrogen) atoms. The highest BCUT2D eigenvalue weighted by Gasteiger charge is 2.13. The number of aromatic nitrogens is 2. The minimum absolute atomic E-state index is 0.347. The maximum Gasteiger partial charge on any atom is 0.125 e. The van der Waals surface area contributed by atoms with E-state index >= 15 is 0 Å². The smallest absolute Gasteiger partial charge is 0.125 e. The lowest BCUT2D eigenvalue weighted by Crippen LogP contribution is -2.03. The Labute approximate surface area is 133 Å². The van der Waals surface area contributed by atoms with Crippen LogP contribution in [0.5, 0.6) is 0 Å². The summed E-state index contributed by atoms with van der Waals surface area (Å²) in [5.41, 5.74) is 2.44. The van der Waals surface area contributed by atoms with Gasteiger partial charge in [0.05, 0.1) is 35.1 Å². The molecule has 0 amide bonds. The Kier molecular flexibility index (Phi) is 3.79. The van der Waals surface area contributed by atoms with E-state index in [-0.39, 0.29) is 0 Å². The summed E-state index contributed by atoms with van der Waals surface area (Å²) in [5.74, 6) is 1.16. The molecule has 0 bridgehead atoms. The number of hydrogen-bond acceptors (Lipinski definition) is 3. The summed E-state index contributed by atoms with van der Waals surface area (Å²) in [4.78, 5) is 5.73. The fourth-order valence-corrected chi connectivity index (χ4v) is 3.77. The standard InChI is InChI=1S/C14H9BrClN3S/c15-10-3-4-20-13(10)8-19-12-5-9(7-17)1-2-11(12)18-14(19)6-16/h1-5H,6,8H2. The van der Waals surface area contributed by atoms with E-state index in [0.29, 0.717) is 18.0 Å². The van der Waals surface area contributed by atoms with Crippen LogP contribution < -0.4 is 0 Å². The van der Waals surface area contributed by atoms with Gasteiger partial charge in [0.1, 0.15) is 5.82 Å².